The molecule has 5 nitrogen and oxygen atoms in total. The number of esters is 1. The van der Waals surface area contributed by atoms with Gasteiger partial charge < -0.3 is 14.8 Å². The zero-order chi connectivity index (χ0) is 16.1. The highest BCUT2D eigenvalue weighted by Gasteiger charge is 2.14. The van der Waals surface area contributed by atoms with Gasteiger partial charge in [0.2, 0.25) is 0 Å². The maximum Gasteiger partial charge on any atom is 0.341 e. The third-order valence-electron chi connectivity index (χ3n) is 2.95. The van der Waals surface area contributed by atoms with Crippen LogP contribution >= 0.6 is 0 Å². The van der Waals surface area contributed by atoms with Gasteiger partial charge in [0.15, 0.2) is 0 Å². The standard InChI is InChI=1S/C16H14FNO4/c1-21-14-9-12(6-7-13(14)16(20)22-2)18-15(19)10-4-3-5-11(17)8-10/h3-9H,1-2H3,(H,18,19). The van der Waals surface area contributed by atoms with E-state index in [-0.39, 0.29) is 16.9 Å². The van der Waals surface area contributed by atoms with E-state index in [9.17, 15) is 14.0 Å². The molecule has 1 N–H and O–H groups in total. The van der Waals surface area contributed by atoms with E-state index in [1.165, 1.54) is 50.6 Å². The molecule has 114 valence electrons. The number of amides is 1. The van der Waals surface area contributed by atoms with Crippen molar-refractivity contribution in [2.45, 2.75) is 0 Å². The molecule has 0 fully saturated rings. The summed E-state index contributed by atoms with van der Waals surface area (Å²) >= 11 is 0. The molecule has 0 aliphatic rings. The quantitative estimate of drug-likeness (QED) is 0.882. The highest BCUT2D eigenvalue weighted by Crippen LogP contribution is 2.24. The highest BCUT2D eigenvalue weighted by molar-refractivity contribution is 6.04. The van der Waals surface area contributed by atoms with Gasteiger partial charge in [-0.05, 0) is 30.3 Å². The average molecular weight is 303 g/mol. The van der Waals surface area contributed by atoms with Crippen molar-refractivity contribution in [3.8, 4) is 5.75 Å². The molecule has 0 spiro atoms. The molecule has 0 saturated heterocycles. The fourth-order valence-corrected chi connectivity index (χ4v) is 1.88. The molecule has 0 aromatic heterocycles. The van der Waals surface area contributed by atoms with Gasteiger partial charge >= 0.3 is 5.97 Å². The van der Waals surface area contributed by atoms with Gasteiger partial charge in [-0.15, -0.1) is 0 Å². The van der Waals surface area contributed by atoms with Crippen molar-refractivity contribution in [2.24, 2.45) is 0 Å². The van der Waals surface area contributed by atoms with Crippen molar-refractivity contribution in [3.63, 3.8) is 0 Å². The first-order chi connectivity index (χ1) is 10.5. The third kappa shape index (κ3) is 3.41. The summed E-state index contributed by atoms with van der Waals surface area (Å²) in [6, 6.07) is 9.84. The van der Waals surface area contributed by atoms with Crippen LogP contribution in [0.5, 0.6) is 5.75 Å². The first-order valence-corrected chi connectivity index (χ1v) is 6.38. The van der Waals surface area contributed by atoms with Crippen LogP contribution in [0.3, 0.4) is 0 Å². The maximum absolute atomic E-state index is 13.1. The van der Waals surface area contributed by atoms with Gasteiger partial charge in [0.25, 0.3) is 5.91 Å². The molecule has 0 bridgehead atoms. The molecule has 0 atom stereocenters. The van der Waals surface area contributed by atoms with E-state index in [1.807, 2.05) is 0 Å². The first kappa shape index (κ1) is 15.5. The van der Waals surface area contributed by atoms with Gasteiger partial charge in [-0.25, -0.2) is 9.18 Å². The lowest BCUT2D eigenvalue weighted by Crippen LogP contribution is -2.12. The Bertz CT molecular complexity index is 715. The maximum atomic E-state index is 13.1. The van der Waals surface area contributed by atoms with Crippen LogP contribution in [-0.2, 0) is 4.74 Å². The Morgan fingerprint density at radius 2 is 1.86 bits per heavy atom. The van der Waals surface area contributed by atoms with Crippen LogP contribution in [0.1, 0.15) is 20.7 Å². The summed E-state index contributed by atoms with van der Waals surface area (Å²) in [6.45, 7) is 0. The van der Waals surface area contributed by atoms with E-state index in [0.29, 0.717) is 5.69 Å². The Balaban J connectivity index is 2.23. The molecule has 0 unspecified atom stereocenters. The minimum absolute atomic E-state index is 0.191. The summed E-state index contributed by atoms with van der Waals surface area (Å²) in [7, 11) is 2.67. The molecule has 22 heavy (non-hydrogen) atoms. The van der Waals surface area contributed by atoms with E-state index in [2.05, 4.69) is 10.1 Å². The molecule has 2 rings (SSSR count). The number of benzene rings is 2. The lowest BCUT2D eigenvalue weighted by molar-refractivity contribution is 0.0597. The number of ether oxygens (including phenoxy) is 2. The van der Waals surface area contributed by atoms with Crippen LogP contribution in [0.15, 0.2) is 42.5 Å². The van der Waals surface area contributed by atoms with E-state index < -0.39 is 17.7 Å². The second kappa shape index (κ2) is 6.71. The van der Waals surface area contributed by atoms with Crippen molar-refractivity contribution in [1.29, 1.82) is 0 Å². The van der Waals surface area contributed by atoms with Crippen LogP contribution in [0.2, 0.25) is 0 Å². The van der Waals surface area contributed by atoms with Gasteiger partial charge in [-0.3, -0.25) is 4.79 Å². The van der Waals surface area contributed by atoms with E-state index in [1.54, 1.807) is 0 Å². The highest BCUT2D eigenvalue weighted by atomic mass is 19.1. The predicted molar refractivity (Wildman–Crippen MR) is 78.7 cm³/mol. The second-order valence-electron chi connectivity index (χ2n) is 4.37. The number of methoxy groups -OCH3 is 2. The van der Waals surface area contributed by atoms with Gasteiger partial charge in [0, 0.05) is 17.3 Å². The Hall–Kier alpha value is -2.89. The van der Waals surface area contributed by atoms with Gasteiger partial charge in [0.1, 0.15) is 17.1 Å². The summed E-state index contributed by atoms with van der Waals surface area (Å²) in [5.41, 5.74) is 0.850. The number of halogens is 1. The Morgan fingerprint density at radius 1 is 1.09 bits per heavy atom. The Kier molecular flexibility index (Phi) is 4.73. The minimum atomic E-state index is -0.542. The first-order valence-electron chi connectivity index (χ1n) is 6.38. The van der Waals surface area contributed by atoms with Crippen molar-refractivity contribution in [3.05, 3.63) is 59.4 Å². The zero-order valence-corrected chi connectivity index (χ0v) is 12.1. The molecule has 0 aliphatic heterocycles. The minimum Gasteiger partial charge on any atom is -0.496 e. The van der Waals surface area contributed by atoms with E-state index in [4.69, 9.17) is 4.74 Å². The third-order valence-corrected chi connectivity index (χ3v) is 2.95. The SMILES string of the molecule is COC(=O)c1ccc(NC(=O)c2cccc(F)c2)cc1OC. The van der Waals surface area contributed by atoms with Gasteiger partial charge in [-0.2, -0.15) is 0 Å². The van der Waals surface area contributed by atoms with Crippen LogP contribution < -0.4 is 10.1 Å². The largest absolute Gasteiger partial charge is 0.496 e. The fraction of sp³-hybridized carbons (Fsp3) is 0.125. The molecule has 1 amide bonds. The summed E-state index contributed by atoms with van der Waals surface area (Å²) < 4.78 is 22.9. The van der Waals surface area contributed by atoms with E-state index >= 15 is 0 Å². The number of nitrogens with one attached hydrogen (secondary N) is 1. The number of rotatable bonds is 4. The molecular formula is C16H14FNO4. The second-order valence-corrected chi connectivity index (χ2v) is 4.37. The molecule has 0 aliphatic carbocycles. The number of anilines is 1. The molecular weight excluding hydrogens is 289 g/mol. The van der Waals surface area contributed by atoms with Crippen LogP contribution in [0, 0.1) is 5.82 Å². The summed E-state index contributed by atoms with van der Waals surface area (Å²) in [5, 5.41) is 2.61. The normalized spacial score (nSPS) is 9.95. The molecule has 0 radical (unpaired) electrons. The number of hydrogen-bond donors (Lipinski definition) is 1. The number of hydrogen-bond acceptors (Lipinski definition) is 4. The molecule has 2 aromatic carbocycles. The van der Waals surface area contributed by atoms with Crippen LogP contribution in [-0.4, -0.2) is 26.1 Å². The average Bonchev–Trinajstić information content (AvgIpc) is 2.54. The monoisotopic (exact) mass is 303 g/mol. The summed E-state index contributed by atoms with van der Waals surface area (Å²) in [6.07, 6.45) is 0. The van der Waals surface area contributed by atoms with Crippen molar-refractivity contribution < 1.29 is 23.5 Å². The predicted octanol–water partition coefficient (Wildman–Crippen LogP) is 2.87. The molecule has 0 heterocycles. The number of carbonyl (C=O) groups is 2. The van der Waals surface area contributed by atoms with Crippen molar-refractivity contribution in [1.82, 2.24) is 0 Å². The molecule has 2 aromatic rings. The van der Waals surface area contributed by atoms with Crippen LogP contribution in [0.25, 0.3) is 0 Å². The van der Waals surface area contributed by atoms with Crippen molar-refractivity contribution in [2.75, 3.05) is 19.5 Å². The summed E-state index contributed by atoms with van der Waals surface area (Å²) in [5.74, 6) is -1.23. The Morgan fingerprint density at radius 3 is 2.50 bits per heavy atom. The molecule has 6 heteroatoms. The van der Waals surface area contributed by atoms with Gasteiger partial charge in [0.05, 0.1) is 14.2 Å². The summed E-state index contributed by atoms with van der Waals surface area (Å²) in [4.78, 5) is 23.6. The zero-order valence-electron chi connectivity index (χ0n) is 12.1. The number of carbonyl (C=O) groups excluding carboxylic acids is 2. The topological polar surface area (TPSA) is 64.6 Å². The van der Waals surface area contributed by atoms with Crippen LogP contribution in [0.4, 0.5) is 10.1 Å². The Labute approximate surface area is 126 Å². The lowest BCUT2D eigenvalue weighted by atomic mass is 10.1. The molecule has 0 saturated carbocycles. The smallest absolute Gasteiger partial charge is 0.341 e. The van der Waals surface area contributed by atoms with Crippen molar-refractivity contribution >= 4 is 17.6 Å². The van der Waals surface area contributed by atoms with Gasteiger partial charge in [-0.1, -0.05) is 6.07 Å². The van der Waals surface area contributed by atoms with E-state index in [0.717, 1.165) is 6.07 Å². The lowest BCUT2D eigenvalue weighted by Gasteiger charge is -2.10. The fourth-order valence-electron chi connectivity index (χ4n) is 1.88.